The third-order valence-electron chi connectivity index (χ3n) is 1.75. The minimum Gasteiger partial charge on any atom is -0.255 e. The molecule has 1 N–H and O–H groups in total. The Labute approximate surface area is 107 Å². The summed E-state index contributed by atoms with van der Waals surface area (Å²) in [7, 11) is -3.70. The fourth-order valence-corrected chi connectivity index (χ4v) is 2.91. The molecule has 17 heavy (non-hydrogen) atoms. The SMILES string of the molecule is Cc1cnc(NS(=O)(=O)c2cnc(Cl)nc2)s1. The fraction of sp³-hybridized carbons (Fsp3) is 0.125. The lowest BCUT2D eigenvalue weighted by atomic mass is 10.7. The van der Waals surface area contributed by atoms with Gasteiger partial charge in [0.2, 0.25) is 5.28 Å². The van der Waals surface area contributed by atoms with Crippen LogP contribution in [0.4, 0.5) is 5.13 Å². The second-order valence-corrected chi connectivity index (χ2v) is 6.32. The van der Waals surface area contributed by atoms with E-state index in [-0.39, 0.29) is 10.2 Å². The Kier molecular flexibility index (Phi) is 3.27. The monoisotopic (exact) mass is 290 g/mol. The average molecular weight is 291 g/mol. The second kappa shape index (κ2) is 4.55. The van der Waals surface area contributed by atoms with Crippen molar-refractivity contribution in [1.29, 1.82) is 0 Å². The molecule has 0 saturated carbocycles. The molecule has 9 heteroatoms. The van der Waals surface area contributed by atoms with Gasteiger partial charge in [-0.3, -0.25) is 4.72 Å². The topological polar surface area (TPSA) is 84.8 Å². The highest BCUT2D eigenvalue weighted by Gasteiger charge is 2.16. The van der Waals surface area contributed by atoms with Crippen LogP contribution in [-0.4, -0.2) is 23.4 Å². The molecule has 90 valence electrons. The smallest absolute Gasteiger partial charge is 0.255 e. The summed E-state index contributed by atoms with van der Waals surface area (Å²) >= 11 is 6.72. The van der Waals surface area contributed by atoms with Crippen molar-refractivity contribution < 1.29 is 8.42 Å². The standard InChI is InChI=1S/C8H7ClN4O2S2/c1-5-2-12-8(16-5)13-17(14,15)6-3-10-7(9)11-4-6/h2-4H,1H3,(H,12,13). The van der Waals surface area contributed by atoms with E-state index < -0.39 is 10.0 Å². The molecule has 2 aromatic heterocycles. The molecule has 0 aliphatic carbocycles. The van der Waals surface area contributed by atoms with Gasteiger partial charge in [-0.25, -0.2) is 23.4 Å². The number of rotatable bonds is 3. The van der Waals surface area contributed by atoms with Crippen LogP contribution in [0.2, 0.25) is 5.28 Å². The molecule has 0 spiro atoms. The van der Waals surface area contributed by atoms with Crippen molar-refractivity contribution in [2.45, 2.75) is 11.8 Å². The summed E-state index contributed by atoms with van der Waals surface area (Å²) in [6, 6.07) is 0. The van der Waals surface area contributed by atoms with Crippen LogP contribution in [-0.2, 0) is 10.0 Å². The maximum Gasteiger partial charge on any atom is 0.266 e. The Bertz CT molecular complexity index is 623. The molecule has 2 heterocycles. The van der Waals surface area contributed by atoms with Crippen LogP contribution >= 0.6 is 22.9 Å². The molecule has 0 aliphatic heterocycles. The lowest BCUT2D eigenvalue weighted by molar-refractivity contribution is 0.600. The normalized spacial score (nSPS) is 11.4. The summed E-state index contributed by atoms with van der Waals surface area (Å²) < 4.78 is 26.0. The van der Waals surface area contributed by atoms with Gasteiger partial charge in [-0.1, -0.05) is 0 Å². The van der Waals surface area contributed by atoms with Crippen molar-refractivity contribution in [3.05, 3.63) is 28.8 Å². The molecule has 0 unspecified atom stereocenters. The quantitative estimate of drug-likeness (QED) is 0.870. The fourth-order valence-electron chi connectivity index (χ4n) is 1.01. The summed E-state index contributed by atoms with van der Waals surface area (Å²) in [4.78, 5) is 12.0. The van der Waals surface area contributed by atoms with E-state index in [1.165, 1.54) is 11.3 Å². The van der Waals surface area contributed by atoms with E-state index in [9.17, 15) is 8.42 Å². The number of nitrogens with zero attached hydrogens (tertiary/aromatic N) is 3. The van der Waals surface area contributed by atoms with Crippen LogP contribution in [0.1, 0.15) is 4.88 Å². The van der Waals surface area contributed by atoms with Crippen molar-refractivity contribution in [3.63, 3.8) is 0 Å². The summed E-state index contributed by atoms with van der Waals surface area (Å²) in [5, 5.41) is 0.298. The highest BCUT2D eigenvalue weighted by Crippen LogP contribution is 2.20. The zero-order valence-electron chi connectivity index (χ0n) is 8.58. The van der Waals surface area contributed by atoms with E-state index in [1.54, 1.807) is 6.20 Å². The molecular formula is C8H7ClN4O2S2. The van der Waals surface area contributed by atoms with Gasteiger partial charge in [-0.05, 0) is 18.5 Å². The molecule has 2 rings (SSSR count). The van der Waals surface area contributed by atoms with Crippen LogP contribution in [0.25, 0.3) is 0 Å². The van der Waals surface area contributed by atoms with Crippen LogP contribution in [0, 0.1) is 6.92 Å². The van der Waals surface area contributed by atoms with Crippen molar-refractivity contribution in [2.24, 2.45) is 0 Å². The Morgan fingerprint density at radius 1 is 1.24 bits per heavy atom. The largest absolute Gasteiger partial charge is 0.266 e. The highest BCUT2D eigenvalue weighted by atomic mass is 35.5. The second-order valence-electron chi connectivity index (χ2n) is 3.07. The molecular weight excluding hydrogens is 284 g/mol. The van der Waals surface area contributed by atoms with Crippen molar-refractivity contribution in [3.8, 4) is 0 Å². The van der Waals surface area contributed by atoms with Gasteiger partial charge in [0.1, 0.15) is 4.90 Å². The van der Waals surface area contributed by atoms with E-state index >= 15 is 0 Å². The maximum atomic E-state index is 11.9. The summed E-state index contributed by atoms with van der Waals surface area (Å²) in [5.41, 5.74) is 0. The number of thiazole rings is 1. The summed E-state index contributed by atoms with van der Waals surface area (Å²) in [6.07, 6.45) is 3.86. The average Bonchev–Trinajstić information content (AvgIpc) is 2.63. The first-order chi connectivity index (χ1) is 7.97. The Hall–Kier alpha value is -1.25. The zero-order valence-corrected chi connectivity index (χ0v) is 11.0. The van der Waals surface area contributed by atoms with Crippen molar-refractivity contribution in [2.75, 3.05) is 4.72 Å². The summed E-state index contributed by atoms with van der Waals surface area (Å²) in [5.74, 6) is 0. The number of aryl methyl sites for hydroxylation is 1. The zero-order chi connectivity index (χ0) is 12.5. The molecule has 0 amide bonds. The van der Waals surface area contributed by atoms with Crippen LogP contribution in [0.5, 0.6) is 0 Å². The summed E-state index contributed by atoms with van der Waals surface area (Å²) in [6.45, 7) is 1.83. The van der Waals surface area contributed by atoms with Gasteiger partial charge in [0.15, 0.2) is 5.13 Å². The van der Waals surface area contributed by atoms with E-state index in [1.807, 2.05) is 6.92 Å². The van der Waals surface area contributed by atoms with Crippen LogP contribution in [0.3, 0.4) is 0 Å². The van der Waals surface area contributed by atoms with E-state index in [4.69, 9.17) is 11.6 Å². The molecule has 0 atom stereocenters. The first-order valence-corrected chi connectivity index (χ1v) is 7.08. The molecule has 6 nitrogen and oxygen atoms in total. The van der Waals surface area contributed by atoms with Gasteiger partial charge in [-0.2, -0.15) is 0 Å². The van der Waals surface area contributed by atoms with Gasteiger partial charge >= 0.3 is 0 Å². The maximum absolute atomic E-state index is 11.9. The van der Waals surface area contributed by atoms with Crippen molar-refractivity contribution in [1.82, 2.24) is 15.0 Å². The molecule has 0 radical (unpaired) electrons. The first kappa shape index (κ1) is 12.2. The molecule has 0 saturated heterocycles. The van der Waals surface area contributed by atoms with E-state index in [0.717, 1.165) is 17.3 Å². The van der Waals surface area contributed by atoms with Gasteiger partial charge in [-0.15, -0.1) is 11.3 Å². The van der Waals surface area contributed by atoms with Gasteiger partial charge in [0.05, 0.1) is 12.4 Å². The Morgan fingerprint density at radius 3 is 2.41 bits per heavy atom. The number of nitrogens with one attached hydrogen (secondary N) is 1. The molecule has 0 bridgehead atoms. The van der Waals surface area contributed by atoms with Gasteiger partial charge in [0.25, 0.3) is 10.0 Å². The van der Waals surface area contributed by atoms with E-state index in [2.05, 4.69) is 19.7 Å². The molecule has 0 aromatic carbocycles. The third kappa shape index (κ3) is 2.90. The van der Waals surface area contributed by atoms with E-state index in [0.29, 0.717) is 5.13 Å². The predicted molar refractivity (Wildman–Crippen MR) is 64.7 cm³/mol. The number of hydrogen-bond donors (Lipinski definition) is 1. The van der Waals surface area contributed by atoms with Gasteiger partial charge < -0.3 is 0 Å². The molecule has 2 aromatic rings. The van der Waals surface area contributed by atoms with Crippen molar-refractivity contribution >= 4 is 38.1 Å². The molecule has 0 aliphatic rings. The van der Waals surface area contributed by atoms with Gasteiger partial charge in [0, 0.05) is 11.1 Å². The Morgan fingerprint density at radius 2 is 1.88 bits per heavy atom. The third-order valence-corrected chi connectivity index (χ3v) is 4.20. The number of anilines is 1. The number of halogens is 1. The van der Waals surface area contributed by atoms with Crippen LogP contribution < -0.4 is 4.72 Å². The highest BCUT2D eigenvalue weighted by molar-refractivity contribution is 7.93. The number of aromatic nitrogens is 3. The minimum atomic E-state index is -3.70. The lowest BCUT2D eigenvalue weighted by Gasteiger charge is -2.03. The Balaban J connectivity index is 2.28. The lowest BCUT2D eigenvalue weighted by Crippen LogP contribution is -2.13. The number of sulfonamides is 1. The number of hydrogen-bond acceptors (Lipinski definition) is 6. The molecule has 0 fully saturated rings. The first-order valence-electron chi connectivity index (χ1n) is 4.40. The predicted octanol–water partition coefficient (Wildman–Crippen LogP) is 1.70. The minimum absolute atomic E-state index is 0.00552. The van der Waals surface area contributed by atoms with Crippen LogP contribution in [0.15, 0.2) is 23.5 Å².